The SMILES string of the molecule is Cc1ccc(C(=O)CSc2nc3ccc(N4C(=O)[C@H]5[C@H](C4=O)[C@H]4C=C[C@H]5C4)cc3s2)cc1. The Kier molecular flexibility index (Phi) is 4.59. The second kappa shape index (κ2) is 7.39. The molecule has 0 spiro atoms. The molecule has 32 heavy (non-hydrogen) atoms. The lowest BCUT2D eigenvalue weighted by Crippen LogP contribution is -2.32. The molecule has 2 bridgehead atoms. The van der Waals surface area contributed by atoms with Crippen molar-refractivity contribution in [3.63, 3.8) is 0 Å². The summed E-state index contributed by atoms with van der Waals surface area (Å²) in [5.41, 5.74) is 3.26. The van der Waals surface area contributed by atoms with E-state index < -0.39 is 0 Å². The van der Waals surface area contributed by atoms with Crippen LogP contribution in [0.1, 0.15) is 22.3 Å². The minimum atomic E-state index is -0.200. The Morgan fingerprint density at radius 3 is 2.44 bits per heavy atom. The summed E-state index contributed by atoms with van der Waals surface area (Å²) in [6, 6.07) is 13.1. The molecular weight excluding hydrogens is 440 g/mol. The van der Waals surface area contributed by atoms with Crippen molar-refractivity contribution in [1.82, 2.24) is 4.98 Å². The number of rotatable bonds is 5. The average Bonchev–Trinajstić information content (AvgIpc) is 3.55. The summed E-state index contributed by atoms with van der Waals surface area (Å²) in [7, 11) is 0. The lowest BCUT2D eigenvalue weighted by atomic mass is 9.85. The number of aryl methyl sites for hydroxylation is 1. The maximum Gasteiger partial charge on any atom is 0.238 e. The number of hydrogen-bond acceptors (Lipinski definition) is 6. The molecule has 4 atom stereocenters. The van der Waals surface area contributed by atoms with Crippen LogP contribution in [0.25, 0.3) is 10.2 Å². The summed E-state index contributed by atoms with van der Waals surface area (Å²) >= 11 is 2.90. The van der Waals surface area contributed by atoms with Crippen LogP contribution in [-0.4, -0.2) is 28.3 Å². The number of amides is 2. The number of benzene rings is 2. The molecule has 1 aromatic heterocycles. The van der Waals surface area contributed by atoms with E-state index in [-0.39, 0.29) is 41.3 Å². The van der Waals surface area contributed by atoms with Crippen LogP contribution in [0.4, 0.5) is 5.69 Å². The maximum atomic E-state index is 13.1. The predicted octanol–water partition coefficient (Wildman–Crippen LogP) is 4.89. The summed E-state index contributed by atoms with van der Waals surface area (Å²) in [6.45, 7) is 2.00. The smallest absolute Gasteiger partial charge is 0.238 e. The molecule has 2 aliphatic carbocycles. The Hall–Kier alpha value is -2.77. The van der Waals surface area contributed by atoms with Crippen molar-refractivity contribution in [2.24, 2.45) is 23.7 Å². The van der Waals surface area contributed by atoms with Gasteiger partial charge in [0.2, 0.25) is 11.8 Å². The number of anilines is 1. The van der Waals surface area contributed by atoms with Crippen molar-refractivity contribution in [2.45, 2.75) is 17.7 Å². The third-order valence-electron chi connectivity index (χ3n) is 6.78. The third kappa shape index (κ3) is 3.06. The fourth-order valence-electron chi connectivity index (χ4n) is 5.20. The topological polar surface area (TPSA) is 67.3 Å². The number of aromatic nitrogens is 1. The molecule has 5 nitrogen and oxygen atoms in total. The van der Waals surface area contributed by atoms with Gasteiger partial charge >= 0.3 is 0 Å². The Labute approximate surface area is 193 Å². The zero-order valence-corrected chi connectivity index (χ0v) is 19.0. The van der Waals surface area contributed by atoms with Crippen molar-refractivity contribution >= 4 is 56.6 Å². The quantitative estimate of drug-likeness (QED) is 0.235. The number of ketones is 1. The molecule has 1 aliphatic heterocycles. The number of Topliss-reactive ketones (excluding diaryl/α,β-unsaturated/α-hetero) is 1. The van der Waals surface area contributed by atoms with E-state index in [0.717, 1.165) is 26.5 Å². The minimum absolute atomic E-state index is 0.0676. The molecule has 0 radical (unpaired) electrons. The molecule has 0 unspecified atom stereocenters. The highest BCUT2D eigenvalue weighted by atomic mass is 32.2. The van der Waals surface area contributed by atoms with Crippen LogP contribution in [0, 0.1) is 30.6 Å². The van der Waals surface area contributed by atoms with E-state index in [9.17, 15) is 14.4 Å². The second-order valence-corrected chi connectivity index (χ2v) is 11.0. The van der Waals surface area contributed by atoms with Crippen molar-refractivity contribution in [1.29, 1.82) is 0 Å². The first-order chi connectivity index (χ1) is 15.5. The first kappa shape index (κ1) is 19.9. The highest BCUT2D eigenvalue weighted by molar-refractivity contribution is 8.01. The summed E-state index contributed by atoms with van der Waals surface area (Å²) in [4.78, 5) is 44.6. The molecule has 7 heteroatoms. The van der Waals surface area contributed by atoms with Gasteiger partial charge in [-0.3, -0.25) is 14.4 Å². The molecule has 160 valence electrons. The van der Waals surface area contributed by atoms with Crippen molar-refractivity contribution in [3.05, 3.63) is 65.7 Å². The summed E-state index contributed by atoms with van der Waals surface area (Å²) in [5, 5.41) is 0. The van der Waals surface area contributed by atoms with Gasteiger partial charge in [-0.1, -0.05) is 53.7 Å². The number of nitrogens with zero attached hydrogens (tertiary/aromatic N) is 2. The third-order valence-corrected chi connectivity index (χ3v) is 8.94. The molecule has 6 rings (SSSR count). The van der Waals surface area contributed by atoms with Crippen LogP contribution >= 0.6 is 23.1 Å². The Morgan fingerprint density at radius 1 is 1.06 bits per heavy atom. The predicted molar refractivity (Wildman–Crippen MR) is 126 cm³/mol. The zero-order chi connectivity index (χ0) is 22.0. The average molecular weight is 461 g/mol. The van der Waals surface area contributed by atoms with Gasteiger partial charge in [0.15, 0.2) is 10.1 Å². The van der Waals surface area contributed by atoms with Crippen LogP contribution < -0.4 is 4.90 Å². The van der Waals surface area contributed by atoms with Gasteiger partial charge in [0.1, 0.15) is 0 Å². The lowest BCUT2D eigenvalue weighted by Gasteiger charge is -2.17. The van der Waals surface area contributed by atoms with Crippen molar-refractivity contribution in [2.75, 3.05) is 10.7 Å². The first-order valence-corrected chi connectivity index (χ1v) is 12.5. The van der Waals surface area contributed by atoms with Crippen molar-refractivity contribution < 1.29 is 14.4 Å². The summed E-state index contributed by atoms with van der Waals surface area (Å²) in [5.74, 6) is 0.247. The zero-order valence-electron chi connectivity index (χ0n) is 17.4. The fourth-order valence-corrected chi connectivity index (χ4v) is 7.20. The van der Waals surface area contributed by atoms with Gasteiger partial charge in [-0.25, -0.2) is 9.88 Å². The standard InChI is InChI=1S/C25H20N2O3S2/c1-13-2-4-14(5-3-13)19(28)12-31-25-26-18-9-8-17(11-20(18)32-25)27-23(29)21-15-6-7-16(10-15)22(21)24(27)30/h2-9,11,15-16,21-22H,10,12H2,1H3/t15-,16-,21+,22+/m0/s1. The molecule has 1 saturated carbocycles. The largest absolute Gasteiger partial charge is 0.293 e. The number of hydrogen-bond donors (Lipinski definition) is 0. The molecule has 3 aliphatic rings. The van der Waals surface area contributed by atoms with E-state index >= 15 is 0 Å². The number of allylic oxidation sites excluding steroid dienone is 2. The van der Waals surface area contributed by atoms with E-state index in [0.29, 0.717) is 17.0 Å². The van der Waals surface area contributed by atoms with Gasteiger partial charge in [-0.15, -0.1) is 11.3 Å². The number of carbonyl (C=O) groups excluding carboxylic acids is 3. The van der Waals surface area contributed by atoms with Crippen LogP contribution in [-0.2, 0) is 9.59 Å². The Morgan fingerprint density at radius 2 is 1.75 bits per heavy atom. The van der Waals surface area contributed by atoms with E-state index in [1.165, 1.54) is 28.0 Å². The first-order valence-electron chi connectivity index (χ1n) is 10.7. The van der Waals surface area contributed by atoms with Crippen LogP contribution in [0.3, 0.4) is 0 Å². The molecule has 2 heterocycles. The lowest BCUT2D eigenvalue weighted by molar-refractivity contribution is -0.123. The molecule has 1 saturated heterocycles. The highest BCUT2D eigenvalue weighted by Gasteiger charge is 2.59. The van der Waals surface area contributed by atoms with E-state index in [1.807, 2.05) is 43.3 Å². The number of thiazole rings is 1. The monoisotopic (exact) mass is 460 g/mol. The molecule has 3 aromatic rings. The molecule has 2 amide bonds. The maximum absolute atomic E-state index is 13.1. The van der Waals surface area contributed by atoms with Gasteiger partial charge in [0, 0.05) is 5.56 Å². The normalized spacial score (nSPS) is 25.8. The Bertz CT molecular complexity index is 1280. The van der Waals surface area contributed by atoms with E-state index in [1.54, 1.807) is 6.07 Å². The van der Waals surface area contributed by atoms with Crippen LogP contribution in [0.2, 0.25) is 0 Å². The number of carbonyl (C=O) groups is 3. The van der Waals surface area contributed by atoms with Gasteiger partial charge in [-0.05, 0) is 43.4 Å². The number of fused-ring (bicyclic) bond motifs is 6. The summed E-state index contributed by atoms with van der Waals surface area (Å²) in [6.07, 6.45) is 5.14. The fraction of sp³-hybridized carbons (Fsp3) is 0.280. The summed E-state index contributed by atoms with van der Waals surface area (Å²) < 4.78 is 1.71. The van der Waals surface area contributed by atoms with Crippen LogP contribution in [0.15, 0.2) is 59.0 Å². The van der Waals surface area contributed by atoms with E-state index in [2.05, 4.69) is 17.1 Å². The van der Waals surface area contributed by atoms with Crippen LogP contribution in [0.5, 0.6) is 0 Å². The Balaban J connectivity index is 1.21. The molecular formula is C25H20N2O3S2. The molecule has 2 aromatic carbocycles. The van der Waals surface area contributed by atoms with Gasteiger partial charge in [0.25, 0.3) is 0 Å². The number of imide groups is 1. The van der Waals surface area contributed by atoms with Gasteiger partial charge in [0.05, 0.1) is 33.5 Å². The van der Waals surface area contributed by atoms with E-state index in [4.69, 9.17) is 0 Å². The van der Waals surface area contributed by atoms with Gasteiger partial charge in [-0.2, -0.15) is 0 Å². The number of thioether (sulfide) groups is 1. The molecule has 0 N–H and O–H groups in total. The molecule has 2 fully saturated rings. The minimum Gasteiger partial charge on any atom is -0.293 e. The van der Waals surface area contributed by atoms with Gasteiger partial charge < -0.3 is 0 Å². The highest BCUT2D eigenvalue weighted by Crippen LogP contribution is 2.53. The van der Waals surface area contributed by atoms with Crippen molar-refractivity contribution in [3.8, 4) is 0 Å². The second-order valence-electron chi connectivity index (χ2n) is 8.72.